The number of rotatable bonds is 7. The van der Waals surface area contributed by atoms with Gasteiger partial charge in [0, 0.05) is 23.1 Å². The maximum Gasteiger partial charge on any atom is 0.405 e. The molecule has 1 aromatic carbocycles. The van der Waals surface area contributed by atoms with Crippen LogP contribution in [0.4, 0.5) is 4.79 Å². The highest BCUT2D eigenvalue weighted by Gasteiger charge is 2.63. The lowest BCUT2D eigenvalue weighted by molar-refractivity contribution is -0.142. The third kappa shape index (κ3) is 6.83. The highest BCUT2D eigenvalue weighted by molar-refractivity contribution is 7.91. The summed E-state index contributed by atoms with van der Waals surface area (Å²) in [4.78, 5) is 60.1. The molecule has 270 valence electrons. The van der Waals surface area contributed by atoms with Crippen LogP contribution in [-0.4, -0.2) is 89.4 Å². The topological polar surface area (TPSA) is 193 Å². The van der Waals surface area contributed by atoms with Crippen LogP contribution in [0, 0.1) is 17.8 Å². The van der Waals surface area contributed by atoms with Crippen molar-refractivity contribution in [3.8, 4) is 11.6 Å². The molecule has 0 unspecified atom stereocenters. The quantitative estimate of drug-likeness (QED) is 0.310. The summed E-state index contributed by atoms with van der Waals surface area (Å²) in [6.07, 6.45) is 6.20. The number of pyridine rings is 1. The molecule has 3 fully saturated rings. The van der Waals surface area contributed by atoms with Crippen molar-refractivity contribution in [1.82, 2.24) is 25.2 Å². The van der Waals surface area contributed by atoms with E-state index in [2.05, 4.69) is 20.3 Å². The lowest BCUT2D eigenvalue weighted by atomic mass is 9.88. The van der Waals surface area contributed by atoms with Gasteiger partial charge in [0.1, 0.15) is 29.5 Å². The maximum absolute atomic E-state index is 14.3. The summed E-state index contributed by atoms with van der Waals surface area (Å²) in [5, 5.41) is 16.4. The first-order chi connectivity index (χ1) is 23.7. The number of hydrogen-bond acceptors (Lipinski definition) is 9. The van der Waals surface area contributed by atoms with Crippen LogP contribution >= 0.6 is 0 Å². The van der Waals surface area contributed by atoms with Gasteiger partial charge in [-0.2, -0.15) is 0 Å². The van der Waals surface area contributed by atoms with Crippen molar-refractivity contribution in [3.63, 3.8) is 0 Å². The Morgan fingerprint density at radius 2 is 1.84 bits per heavy atom. The van der Waals surface area contributed by atoms with Gasteiger partial charge in [-0.05, 0) is 63.4 Å². The fraction of sp³-hybridized carbons (Fsp3) is 0.571. The molecule has 2 aliphatic heterocycles. The van der Waals surface area contributed by atoms with Gasteiger partial charge in [0.05, 0.1) is 24.6 Å². The maximum atomic E-state index is 14.3. The molecule has 50 heavy (non-hydrogen) atoms. The molecule has 7 atom stereocenters. The van der Waals surface area contributed by atoms with E-state index in [-0.39, 0.29) is 31.2 Å². The fourth-order valence-corrected chi connectivity index (χ4v) is 8.60. The molecule has 15 heteroatoms. The highest BCUT2D eigenvalue weighted by Crippen LogP contribution is 2.47. The lowest BCUT2D eigenvalue weighted by Crippen LogP contribution is -2.59. The summed E-state index contributed by atoms with van der Waals surface area (Å²) < 4.78 is 39.2. The van der Waals surface area contributed by atoms with Crippen molar-refractivity contribution >= 4 is 44.6 Å². The van der Waals surface area contributed by atoms with Crippen molar-refractivity contribution in [2.75, 3.05) is 13.7 Å². The summed E-state index contributed by atoms with van der Waals surface area (Å²) in [6, 6.07) is 5.05. The molecular weight excluding hydrogens is 666 g/mol. The molecule has 1 aromatic heterocycles. The predicted octanol–water partition coefficient (Wildman–Crippen LogP) is 3.11. The normalized spacial score (nSPS) is 31.6. The second-order valence-corrected chi connectivity index (χ2v) is 16.8. The summed E-state index contributed by atoms with van der Waals surface area (Å²) in [5.41, 5.74) is -1.54. The van der Waals surface area contributed by atoms with E-state index < -0.39 is 74.1 Å². The van der Waals surface area contributed by atoms with E-state index in [4.69, 9.17) is 9.47 Å². The Bertz CT molecular complexity index is 1830. The monoisotopic (exact) mass is 711 g/mol. The molecule has 0 spiro atoms. The van der Waals surface area contributed by atoms with Crippen LogP contribution in [0.25, 0.3) is 10.8 Å². The summed E-state index contributed by atoms with van der Waals surface area (Å²) in [5.74, 6) is -1.99. The van der Waals surface area contributed by atoms with E-state index in [1.54, 1.807) is 6.92 Å². The van der Waals surface area contributed by atoms with Crippen molar-refractivity contribution in [2.45, 2.75) is 94.2 Å². The minimum absolute atomic E-state index is 0.0127. The Labute approximate surface area is 291 Å². The van der Waals surface area contributed by atoms with E-state index in [1.807, 2.05) is 50.3 Å². The Kier molecular flexibility index (Phi) is 9.48. The van der Waals surface area contributed by atoms with Gasteiger partial charge in [-0.3, -0.25) is 19.1 Å². The van der Waals surface area contributed by atoms with Gasteiger partial charge in [-0.15, -0.1) is 0 Å². The number of allylic oxidation sites excluding steroid dienone is 1. The zero-order valence-electron chi connectivity index (χ0n) is 28.7. The summed E-state index contributed by atoms with van der Waals surface area (Å²) >= 11 is 0. The Balaban J connectivity index is 1.34. The molecule has 4 amide bonds. The molecule has 0 radical (unpaired) electrons. The number of benzene rings is 1. The zero-order valence-corrected chi connectivity index (χ0v) is 29.5. The largest absolute Gasteiger partial charge is 0.494 e. The number of nitrogens with one attached hydrogen (secondary N) is 3. The average molecular weight is 712 g/mol. The number of carbonyl (C=O) groups excluding carboxylic acids is 3. The first-order valence-electron chi connectivity index (χ1n) is 17.1. The number of sulfonamides is 1. The van der Waals surface area contributed by atoms with Crippen LogP contribution in [0.2, 0.25) is 0 Å². The highest BCUT2D eigenvalue weighted by atomic mass is 32.2. The first-order valence-corrected chi connectivity index (χ1v) is 18.6. The van der Waals surface area contributed by atoms with E-state index >= 15 is 0 Å². The van der Waals surface area contributed by atoms with Crippen LogP contribution < -0.4 is 24.8 Å². The van der Waals surface area contributed by atoms with Crippen molar-refractivity contribution < 1.29 is 42.2 Å². The second kappa shape index (κ2) is 13.4. The van der Waals surface area contributed by atoms with Crippen LogP contribution in [0.15, 0.2) is 42.6 Å². The Hall–Kier alpha value is -4.40. The number of hydrogen-bond donors (Lipinski definition) is 4. The summed E-state index contributed by atoms with van der Waals surface area (Å²) in [6.45, 7) is 5.36. The second-order valence-electron chi connectivity index (χ2n) is 14.6. The molecule has 1 saturated heterocycles. The van der Waals surface area contributed by atoms with Crippen LogP contribution in [-0.2, 0) is 24.4 Å². The molecule has 14 nitrogen and oxygen atoms in total. The molecule has 2 aromatic rings. The molecule has 6 rings (SSSR count). The van der Waals surface area contributed by atoms with E-state index in [0.717, 1.165) is 11.8 Å². The first kappa shape index (κ1) is 35.4. The number of ether oxygens (including phenoxy) is 2. The average Bonchev–Trinajstić information content (AvgIpc) is 3.95. The third-order valence-corrected chi connectivity index (χ3v) is 12.9. The number of aromatic nitrogens is 1. The van der Waals surface area contributed by atoms with Gasteiger partial charge in [-0.25, -0.2) is 18.2 Å². The lowest BCUT2D eigenvalue weighted by Gasteiger charge is -2.32. The third-order valence-electron chi connectivity index (χ3n) is 10.7. The van der Waals surface area contributed by atoms with Gasteiger partial charge in [-0.1, -0.05) is 44.2 Å². The smallest absolute Gasteiger partial charge is 0.405 e. The minimum Gasteiger partial charge on any atom is -0.494 e. The van der Waals surface area contributed by atoms with Crippen molar-refractivity contribution in [3.05, 3.63) is 42.6 Å². The number of methoxy groups -OCH3 is 1. The Morgan fingerprint density at radius 1 is 1.12 bits per heavy atom. The van der Waals surface area contributed by atoms with Crippen LogP contribution in [0.5, 0.6) is 11.6 Å². The number of fused-ring (bicyclic) bond motifs is 3. The van der Waals surface area contributed by atoms with Gasteiger partial charge in [0.2, 0.25) is 27.7 Å². The Morgan fingerprint density at radius 3 is 2.52 bits per heavy atom. The number of carbonyl (C=O) groups is 4. The fourth-order valence-electron chi connectivity index (χ4n) is 7.29. The zero-order chi connectivity index (χ0) is 36.0. The van der Waals surface area contributed by atoms with Gasteiger partial charge >= 0.3 is 6.09 Å². The van der Waals surface area contributed by atoms with Crippen molar-refractivity contribution in [1.29, 1.82) is 0 Å². The SMILES string of the molecule is COc1cnc(O[C@@H]2C[C@H]3C(=O)N[C@]4(C(=O)NS(=O)(=O)C5(C)CC5)C[C@H]4/C=C\CC[C@H](C)C[C@@H](C)[C@H](NC(=O)O)C(=O)N3C2)c2ccccc12. The molecule has 0 bridgehead atoms. The standard InChI is InChI=1S/C35H45N5O9S/c1-20-9-5-6-10-22-17-35(22,32(43)39-50(46,47)34(3)13-14-34)38-29(41)26-16-23(19-40(26)31(42)28(21(2)15-20)37-33(44)45)49-30-25-12-8-7-11-24(25)27(48-4)18-36-30/h6-8,10-12,18,20-23,26,28,37H,5,9,13-17,19H2,1-4H3,(H,38,41)(H,39,43)(H,44,45)/b10-6-/t20-,21+,22+,23+,26-,28-,35+/m0/s1. The van der Waals surface area contributed by atoms with Crippen molar-refractivity contribution in [2.24, 2.45) is 17.8 Å². The molecule has 3 heterocycles. The molecule has 4 N–H and O–H groups in total. The van der Waals surface area contributed by atoms with Gasteiger partial charge < -0.3 is 30.1 Å². The minimum atomic E-state index is -3.99. The van der Waals surface area contributed by atoms with Gasteiger partial charge in [0.25, 0.3) is 5.91 Å². The number of carboxylic acid groups (broad SMARTS) is 1. The molecular formula is C35H45N5O9S. The van der Waals surface area contributed by atoms with E-state index in [9.17, 15) is 32.7 Å². The van der Waals surface area contributed by atoms with Gasteiger partial charge in [0.15, 0.2) is 0 Å². The molecule has 2 saturated carbocycles. The van der Waals surface area contributed by atoms with Crippen LogP contribution in [0.3, 0.4) is 0 Å². The number of amides is 4. The molecule has 4 aliphatic rings. The summed E-state index contributed by atoms with van der Waals surface area (Å²) in [7, 11) is -2.46. The predicted molar refractivity (Wildman–Crippen MR) is 183 cm³/mol. The molecule has 2 aliphatic carbocycles. The van der Waals surface area contributed by atoms with E-state index in [1.165, 1.54) is 18.2 Å². The number of nitrogens with zero attached hydrogens (tertiary/aromatic N) is 2. The van der Waals surface area contributed by atoms with E-state index in [0.29, 0.717) is 36.8 Å². The van der Waals surface area contributed by atoms with Crippen LogP contribution in [0.1, 0.15) is 65.7 Å².